The van der Waals surface area contributed by atoms with E-state index < -0.39 is 78.7 Å². The number of ether oxygens (including phenoxy) is 8. The van der Waals surface area contributed by atoms with Crippen LogP contribution in [0.1, 0.15) is 40.2 Å². The highest BCUT2D eigenvalue weighted by Gasteiger charge is 2.63. The van der Waals surface area contributed by atoms with Crippen molar-refractivity contribution in [1.82, 2.24) is 0 Å². The molecule has 1 aliphatic heterocycles. The summed E-state index contributed by atoms with van der Waals surface area (Å²) in [7, 11) is 2.52. The zero-order valence-corrected chi connectivity index (χ0v) is 23.9. The van der Waals surface area contributed by atoms with E-state index in [-0.39, 0.29) is 6.61 Å². The lowest BCUT2D eigenvalue weighted by atomic mass is 9.82. The minimum atomic E-state index is -2.62. The number of aliphatic hydroxyl groups excluding tert-OH is 1. The van der Waals surface area contributed by atoms with Gasteiger partial charge in [0.2, 0.25) is 0 Å². The van der Waals surface area contributed by atoms with E-state index in [4.69, 9.17) is 37.9 Å². The number of rotatable bonds is 12. The van der Waals surface area contributed by atoms with Crippen LogP contribution in [0, 0.1) is 5.92 Å². The van der Waals surface area contributed by atoms with Crippen LogP contribution in [0.3, 0.4) is 0 Å². The van der Waals surface area contributed by atoms with E-state index in [0.29, 0.717) is 11.3 Å². The fourth-order valence-electron chi connectivity index (χ4n) is 4.36. The van der Waals surface area contributed by atoms with E-state index in [1.54, 1.807) is 24.3 Å². The standard InChI is InChI=1S/C27H36O14/c1-14-22(24(40-18(5)31)21(38-16(3)29)13-36-15(2)28)41-27(26(33)35-7,25(32)23(14)39-17(4)30)37-12-19-8-10-20(34-6)11-9-19/h8-11,14,21-25,32H,12-13H2,1-7H3/t14-,21+,22+,23+,24+,25-,27+/m0/s1. The summed E-state index contributed by atoms with van der Waals surface area (Å²) >= 11 is 0. The Labute approximate surface area is 237 Å². The first-order valence-corrected chi connectivity index (χ1v) is 12.6. The lowest BCUT2D eigenvalue weighted by Crippen LogP contribution is -2.70. The zero-order chi connectivity index (χ0) is 30.9. The predicted octanol–water partition coefficient (Wildman–Crippen LogP) is 0.835. The summed E-state index contributed by atoms with van der Waals surface area (Å²) in [5.41, 5.74) is 0.535. The number of aliphatic hydroxyl groups is 1. The molecular formula is C27H36O14. The van der Waals surface area contributed by atoms with Crippen molar-refractivity contribution in [3.63, 3.8) is 0 Å². The van der Waals surface area contributed by atoms with Crippen molar-refractivity contribution in [2.45, 2.75) is 77.5 Å². The van der Waals surface area contributed by atoms with Gasteiger partial charge in [0.25, 0.3) is 0 Å². The van der Waals surface area contributed by atoms with Gasteiger partial charge in [0.1, 0.15) is 24.6 Å². The van der Waals surface area contributed by atoms with Crippen LogP contribution in [0.25, 0.3) is 0 Å². The second kappa shape index (κ2) is 14.8. The number of esters is 5. The molecule has 0 amide bonds. The van der Waals surface area contributed by atoms with Gasteiger partial charge >= 0.3 is 35.6 Å². The molecule has 2 rings (SSSR count). The first-order valence-electron chi connectivity index (χ1n) is 12.6. The Bertz CT molecular complexity index is 1090. The van der Waals surface area contributed by atoms with Gasteiger partial charge in [-0.25, -0.2) is 4.79 Å². The minimum Gasteiger partial charge on any atom is -0.497 e. The molecule has 1 aliphatic rings. The van der Waals surface area contributed by atoms with Crippen LogP contribution in [0.2, 0.25) is 0 Å². The van der Waals surface area contributed by atoms with Crippen LogP contribution < -0.4 is 4.74 Å². The van der Waals surface area contributed by atoms with Gasteiger partial charge in [-0.15, -0.1) is 0 Å². The molecular weight excluding hydrogens is 548 g/mol. The summed E-state index contributed by atoms with van der Waals surface area (Å²) < 4.78 is 43.2. The Morgan fingerprint density at radius 2 is 1.54 bits per heavy atom. The van der Waals surface area contributed by atoms with Gasteiger partial charge < -0.3 is 43.0 Å². The SMILES string of the molecule is COC(=O)[C@]1(OCc2ccc(OC)cc2)O[C@@H]([C@H](OC(C)=O)[C@@H](COC(C)=O)OC(C)=O)[C@H](C)[C@@H](OC(C)=O)[C@@H]1O. The van der Waals surface area contributed by atoms with Crippen molar-refractivity contribution < 1.29 is 67.0 Å². The monoisotopic (exact) mass is 584 g/mol. The lowest BCUT2D eigenvalue weighted by Gasteiger charge is -2.50. The molecule has 0 spiro atoms. The largest absolute Gasteiger partial charge is 0.497 e. The number of hydrogen-bond acceptors (Lipinski definition) is 14. The quantitative estimate of drug-likeness (QED) is 0.270. The highest BCUT2D eigenvalue weighted by atomic mass is 16.8. The van der Waals surface area contributed by atoms with Crippen LogP contribution in [0.4, 0.5) is 0 Å². The summed E-state index contributed by atoms with van der Waals surface area (Å²) in [6, 6.07) is 6.56. The highest BCUT2D eigenvalue weighted by Crippen LogP contribution is 2.40. The summed E-state index contributed by atoms with van der Waals surface area (Å²) in [4.78, 5) is 61.0. The number of methoxy groups -OCH3 is 2. The Hall–Kier alpha value is -3.75. The van der Waals surface area contributed by atoms with Gasteiger partial charge in [-0.05, 0) is 17.7 Å². The molecule has 14 nitrogen and oxygen atoms in total. The Balaban J connectivity index is 2.64. The molecule has 41 heavy (non-hydrogen) atoms. The molecule has 0 saturated carbocycles. The summed E-state index contributed by atoms with van der Waals surface area (Å²) in [5.74, 6) is -7.45. The van der Waals surface area contributed by atoms with Gasteiger partial charge in [0.05, 0.1) is 20.8 Å². The Morgan fingerprint density at radius 3 is 2.02 bits per heavy atom. The molecule has 0 unspecified atom stereocenters. The van der Waals surface area contributed by atoms with E-state index in [9.17, 15) is 29.1 Å². The van der Waals surface area contributed by atoms with Gasteiger partial charge in [0.15, 0.2) is 18.3 Å². The van der Waals surface area contributed by atoms with E-state index >= 15 is 0 Å². The van der Waals surface area contributed by atoms with E-state index in [0.717, 1.165) is 34.8 Å². The minimum absolute atomic E-state index is 0.302. The molecule has 228 valence electrons. The molecule has 14 heteroatoms. The third-order valence-corrected chi connectivity index (χ3v) is 6.19. The number of benzene rings is 1. The number of carbonyl (C=O) groups is 5. The van der Waals surface area contributed by atoms with Crippen LogP contribution in [-0.2, 0) is 63.7 Å². The number of carbonyl (C=O) groups excluding carboxylic acids is 5. The van der Waals surface area contributed by atoms with Crippen molar-refractivity contribution in [2.75, 3.05) is 20.8 Å². The van der Waals surface area contributed by atoms with Gasteiger partial charge in [-0.3, -0.25) is 19.2 Å². The second-order valence-corrected chi connectivity index (χ2v) is 9.28. The van der Waals surface area contributed by atoms with Crippen LogP contribution in [0.15, 0.2) is 24.3 Å². The molecule has 0 radical (unpaired) electrons. The summed E-state index contributed by atoms with van der Waals surface area (Å²) in [6.45, 7) is 4.99. The molecule has 1 heterocycles. The van der Waals surface area contributed by atoms with Crippen molar-refractivity contribution in [1.29, 1.82) is 0 Å². The summed E-state index contributed by atoms with van der Waals surface area (Å²) in [6.07, 6.45) is -7.81. The van der Waals surface area contributed by atoms with Crippen LogP contribution in [0.5, 0.6) is 5.75 Å². The molecule has 0 aliphatic carbocycles. The Kier molecular flexibility index (Phi) is 12.0. The number of hydrogen-bond donors (Lipinski definition) is 1. The highest BCUT2D eigenvalue weighted by molar-refractivity contribution is 5.79. The van der Waals surface area contributed by atoms with Crippen molar-refractivity contribution in [3.8, 4) is 5.75 Å². The summed E-state index contributed by atoms with van der Waals surface area (Å²) in [5, 5.41) is 11.4. The van der Waals surface area contributed by atoms with E-state index in [1.165, 1.54) is 14.0 Å². The molecule has 0 aromatic heterocycles. The fourth-order valence-corrected chi connectivity index (χ4v) is 4.36. The average molecular weight is 585 g/mol. The van der Waals surface area contributed by atoms with Crippen molar-refractivity contribution in [3.05, 3.63) is 29.8 Å². The second-order valence-electron chi connectivity index (χ2n) is 9.28. The predicted molar refractivity (Wildman–Crippen MR) is 136 cm³/mol. The van der Waals surface area contributed by atoms with Crippen LogP contribution >= 0.6 is 0 Å². The molecule has 1 saturated heterocycles. The normalized spacial score (nSPS) is 25.2. The van der Waals surface area contributed by atoms with E-state index in [2.05, 4.69) is 0 Å². The molecule has 7 atom stereocenters. The fraction of sp³-hybridized carbons (Fsp3) is 0.593. The Morgan fingerprint density at radius 1 is 0.927 bits per heavy atom. The van der Waals surface area contributed by atoms with E-state index in [1.807, 2.05) is 0 Å². The third-order valence-electron chi connectivity index (χ3n) is 6.19. The first-order chi connectivity index (χ1) is 19.2. The first kappa shape index (κ1) is 33.5. The zero-order valence-electron chi connectivity index (χ0n) is 23.9. The van der Waals surface area contributed by atoms with Crippen molar-refractivity contribution in [2.24, 2.45) is 5.92 Å². The van der Waals surface area contributed by atoms with Crippen molar-refractivity contribution >= 4 is 29.8 Å². The van der Waals surface area contributed by atoms with Crippen LogP contribution in [-0.4, -0.2) is 92.1 Å². The topological polar surface area (TPSA) is 179 Å². The van der Waals surface area contributed by atoms with Gasteiger partial charge in [-0.1, -0.05) is 19.1 Å². The maximum absolute atomic E-state index is 13.3. The molecule has 1 aromatic rings. The van der Waals surface area contributed by atoms with Gasteiger partial charge in [-0.2, -0.15) is 0 Å². The molecule has 1 aromatic carbocycles. The van der Waals surface area contributed by atoms with Gasteiger partial charge in [0, 0.05) is 33.6 Å². The maximum Gasteiger partial charge on any atom is 0.369 e. The smallest absolute Gasteiger partial charge is 0.369 e. The lowest BCUT2D eigenvalue weighted by molar-refractivity contribution is -0.358. The molecule has 1 N–H and O–H groups in total. The molecule has 0 bridgehead atoms. The molecule has 1 fully saturated rings. The third kappa shape index (κ3) is 8.62. The average Bonchev–Trinajstić information content (AvgIpc) is 2.91. The maximum atomic E-state index is 13.3.